The van der Waals surface area contributed by atoms with E-state index in [2.05, 4.69) is 4.72 Å². The third kappa shape index (κ3) is 2.97. The second-order valence-electron chi connectivity index (χ2n) is 4.63. The fraction of sp³-hybridized carbons (Fsp3) is 0.500. The Balaban J connectivity index is 2.24. The van der Waals surface area contributed by atoms with Crippen LogP contribution in [0, 0.1) is 17.5 Å². The molecule has 0 bridgehead atoms. The lowest BCUT2D eigenvalue weighted by molar-refractivity contribution is 0.0902. The lowest BCUT2D eigenvalue weighted by Crippen LogP contribution is -2.41. The first-order chi connectivity index (χ1) is 9.33. The summed E-state index contributed by atoms with van der Waals surface area (Å²) in [5, 5.41) is 0. The van der Waals surface area contributed by atoms with Crippen LogP contribution in [-0.4, -0.2) is 27.2 Å². The second kappa shape index (κ2) is 5.71. The molecule has 112 valence electrons. The minimum absolute atomic E-state index is 0.307. The van der Waals surface area contributed by atoms with Gasteiger partial charge in [0.2, 0.25) is 10.0 Å². The molecule has 0 unspecified atom stereocenters. The van der Waals surface area contributed by atoms with Gasteiger partial charge < -0.3 is 4.74 Å². The standard InChI is InChI=1S/C12H14F3NO3S/c1-7(9-3-2-6-19-9)16-20(17,18)10-5-4-8(13)11(14)12(10)15/h4-5,7,9,16H,2-3,6H2,1H3/t7-,9+/m1/s1. The highest BCUT2D eigenvalue weighted by molar-refractivity contribution is 7.89. The van der Waals surface area contributed by atoms with Crippen molar-refractivity contribution >= 4 is 10.0 Å². The molecule has 1 aliphatic rings. The van der Waals surface area contributed by atoms with Crippen LogP contribution in [0.15, 0.2) is 17.0 Å². The Hall–Kier alpha value is -1.12. The zero-order valence-electron chi connectivity index (χ0n) is 10.7. The first kappa shape index (κ1) is 15.3. The smallest absolute Gasteiger partial charge is 0.243 e. The molecular weight excluding hydrogens is 295 g/mol. The van der Waals surface area contributed by atoms with Crippen LogP contribution in [0.1, 0.15) is 19.8 Å². The Bertz CT molecular complexity index is 600. The lowest BCUT2D eigenvalue weighted by atomic mass is 10.1. The van der Waals surface area contributed by atoms with Gasteiger partial charge in [0.15, 0.2) is 17.5 Å². The topological polar surface area (TPSA) is 55.4 Å². The summed E-state index contributed by atoms with van der Waals surface area (Å²) in [5.74, 6) is -4.97. The van der Waals surface area contributed by atoms with Gasteiger partial charge in [-0.2, -0.15) is 0 Å². The van der Waals surface area contributed by atoms with E-state index in [1.54, 1.807) is 6.92 Å². The van der Waals surface area contributed by atoms with Crippen LogP contribution in [0.25, 0.3) is 0 Å². The Morgan fingerprint density at radius 2 is 2.00 bits per heavy atom. The van der Waals surface area contributed by atoms with Crippen molar-refractivity contribution in [2.75, 3.05) is 6.61 Å². The van der Waals surface area contributed by atoms with E-state index < -0.39 is 38.4 Å². The summed E-state index contributed by atoms with van der Waals surface area (Å²) in [6.07, 6.45) is 1.19. The summed E-state index contributed by atoms with van der Waals surface area (Å²) in [6.45, 7) is 2.11. The fourth-order valence-electron chi connectivity index (χ4n) is 2.10. The average Bonchev–Trinajstić information content (AvgIpc) is 2.89. The van der Waals surface area contributed by atoms with E-state index in [4.69, 9.17) is 4.74 Å². The molecule has 0 spiro atoms. The molecule has 4 nitrogen and oxygen atoms in total. The first-order valence-electron chi connectivity index (χ1n) is 6.10. The predicted molar refractivity (Wildman–Crippen MR) is 65.1 cm³/mol. The number of ether oxygens (including phenoxy) is 1. The van der Waals surface area contributed by atoms with Crippen LogP contribution in [-0.2, 0) is 14.8 Å². The average molecular weight is 309 g/mol. The van der Waals surface area contributed by atoms with E-state index in [-0.39, 0.29) is 6.10 Å². The van der Waals surface area contributed by atoms with Crippen molar-refractivity contribution in [1.82, 2.24) is 4.72 Å². The van der Waals surface area contributed by atoms with Crippen LogP contribution in [0.2, 0.25) is 0 Å². The highest BCUT2D eigenvalue weighted by atomic mass is 32.2. The quantitative estimate of drug-likeness (QED) is 0.865. The normalized spacial score (nSPS) is 21.1. The van der Waals surface area contributed by atoms with Crippen LogP contribution in [0.3, 0.4) is 0 Å². The van der Waals surface area contributed by atoms with E-state index in [0.29, 0.717) is 25.2 Å². The Kier molecular flexibility index (Phi) is 4.36. The minimum atomic E-state index is -4.28. The fourth-order valence-corrected chi connectivity index (χ4v) is 3.44. The molecule has 1 aliphatic heterocycles. The number of halogens is 3. The molecule has 0 aliphatic carbocycles. The maximum Gasteiger partial charge on any atom is 0.243 e. The van der Waals surface area contributed by atoms with Crippen molar-refractivity contribution < 1.29 is 26.3 Å². The van der Waals surface area contributed by atoms with E-state index in [0.717, 1.165) is 6.42 Å². The van der Waals surface area contributed by atoms with Gasteiger partial charge in [-0.15, -0.1) is 0 Å². The molecular formula is C12H14F3NO3S. The van der Waals surface area contributed by atoms with Crippen molar-refractivity contribution in [3.8, 4) is 0 Å². The van der Waals surface area contributed by atoms with Gasteiger partial charge in [0, 0.05) is 12.6 Å². The van der Waals surface area contributed by atoms with Crippen molar-refractivity contribution in [1.29, 1.82) is 0 Å². The molecule has 8 heteroatoms. The van der Waals surface area contributed by atoms with Gasteiger partial charge >= 0.3 is 0 Å². The molecule has 1 fully saturated rings. The molecule has 1 N–H and O–H groups in total. The van der Waals surface area contributed by atoms with Gasteiger partial charge in [0.05, 0.1) is 6.10 Å². The molecule has 0 aromatic heterocycles. The van der Waals surface area contributed by atoms with Gasteiger partial charge in [-0.05, 0) is 31.9 Å². The summed E-state index contributed by atoms with van der Waals surface area (Å²) in [5.41, 5.74) is 0. The number of hydrogen-bond donors (Lipinski definition) is 1. The maximum atomic E-state index is 13.5. The molecule has 2 atom stereocenters. The first-order valence-corrected chi connectivity index (χ1v) is 7.58. The van der Waals surface area contributed by atoms with Crippen LogP contribution in [0.4, 0.5) is 13.2 Å². The molecule has 0 radical (unpaired) electrons. The summed E-state index contributed by atoms with van der Waals surface area (Å²) >= 11 is 0. The number of benzene rings is 1. The van der Waals surface area contributed by atoms with E-state index in [1.807, 2.05) is 0 Å². The van der Waals surface area contributed by atoms with E-state index in [1.165, 1.54) is 0 Å². The van der Waals surface area contributed by atoms with Crippen LogP contribution < -0.4 is 4.72 Å². The van der Waals surface area contributed by atoms with Gasteiger partial charge in [-0.25, -0.2) is 26.3 Å². The second-order valence-corrected chi connectivity index (χ2v) is 6.32. The Morgan fingerprint density at radius 3 is 2.60 bits per heavy atom. The molecule has 1 aromatic rings. The predicted octanol–water partition coefficient (Wildman–Crippen LogP) is 1.95. The molecule has 2 rings (SSSR count). The maximum absolute atomic E-state index is 13.5. The minimum Gasteiger partial charge on any atom is -0.377 e. The molecule has 0 amide bonds. The number of sulfonamides is 1. The van der Waals surface area contributed by atoms with Gasteiger partial charge in [-0.1, -0.05) is 0 Å². The summed E-state index contributed by atoms with van der Waals surface area (Å²) in [7, 11) is -4.28. The van der Waals surface area contributed by atoms with E-state index in [9.17, 15) is 21.6 Å². The van der Waals surface area contributed by atoms with Crippen molar-refractivity contribution in [2.24, 2.45) is 0 Å². The number of hydrogen-bond acceptors (Lipinski definition) is 3. The van der Waals surface area contributed by atoms with Crippen molar-refractivity contribution in [3.05, 3.63) is 29.6 Å². The van der Waals surface area contributed by atoms with Crippen molar-refractivity contribution in [3.63, 3.8) is 0 Å². The Morgan fingerprint density at radius 1 is 1.30 bits per heavy atom. The number of nitrogens with one attached hydrogen (secondary N) is 1. The molecule has 20 heavy (non-hydrogen) atoms. The van der Waals surface area contributed by atoms with Gasteiger partial charge in [0.25, 0.3) is 0 Å². The number of rotatable bonds is 4. The largest absolute Gasteiger partial charge is 0.377 e. The monoisotopic (exact) mass is 309 g/mol. The van der Waals surface area contributed by atoms with Crippen LogP contribution >= 0.6 is 0 Å². The third-order valence-corrected chi connectivity index (χ3v) is 4.73. The molecule has 1 aromatic carbocycles. The highest BCUT2D eigenvalue weighted by Gasteiger charge is 2.29. The Labute approximate surface area is 115 Å². The molecule has 1 heterocycles. The third-order valence-electron chi connectivity index (χ3n) is 3.15. The van der Waals surface area contributed by atoms with Gasteiger partial charge in [0.1, 0.15) is 4.90 Å². The van der Waals surface area contributed by atoms with Gasteiger partial charge in [-0.3, -0.25) is 0 Å². The zero-order valence-corrected chi connectivity index (χ0v) is 11.5. The van der Waals surface area contributed by atoms with Crippen LogP contribution in [0.5, 0.6) is 0 Å². The van der Waals surface area contributed by atoms with Crippen molar-refractivity contribution in [2.45, 2.75) is 36.8 Å². The van der Waals surface area contributed by atoms with E-state index >= 15 is 0 Å². The lowest BCUT2D eigenvalue weighted by Gasteiger charge is -2.20. The summed E-state index contributed by atoms with van der Waals surface area (Å²) in [4.78, 5) is -0.916. The highest BCUT2D eigenvalue weighted by Crippen LogP contribution is 2.21. The molecule has 0 saturated carbocycles. The zero-order chi connectivity index (χ0) is 14.9. The molecule has 1 saturated heterocycles. The summed E-state index contributed by atoms with van der Waals surface area (Å²) < 4.78 is 70.9. The summed E-state index contributed by atoms with van der Waals surface area (Å²) in [6, 6.07) is 0.678. The SMILES string of the molecule is C[C@@H](NS(=O)(=O)c1ccc(F)c(F)c1F)[C@@H]1CCCO1.